The van der Waals surface area contributed by atoms with Gasteiger partial charge < -0.3 is 128 Å². The van der Waals surface area contributed by atoms with Crippen LogP contribution in [0.3, 0.4) is 0 Å². The summed E-state index contributed by atoms with van der Waals surface area (Å²) in [5.41, 5.74) is 30.1. The van der Waals surface area contributed by atoms with Crippen LogP contribution in [-0.2, 0) is 127 Å². The molecule has 0 saturated carbocycles. The maximum Gasteiger partial charge on any atom is 0.225 e. The minimum absolute atomic E-state index is 0.00795. The molecule has 4 aromatic carbocycles. The van der Waals surface area contributed by atoms with Crippen LogP contribution in [0, 0.1) is 12.7 Å². The van der Waals surface area contributed by atoms with Gasteiger partial charge in [-0.2, -0.15) is 0 Å². The first-order chi connectivity index (χ1) is 55.4. The van der Waals surface area contributed by atoms with Crippen LogP contribution in [0.25, 0.3) is 0 Å². The second-order valence-electron chi connectivity index (χ2n) is 26.4. The van der Waals surface area contributed by atoms with E-state index in [1.807, 2.05) is 67.7 Å². The summed E-state index contributed by atoms with van der Waals surface area (Å²) in [6, 6.07) is 24.9. The number of methoxy groups -OCH3 is 6. The Kier molecular flexibility index (Phi) is 34.0. The molecule has 8 atom stereocenters. The molecule has 0 bridgehead atoms. The van der Waals surface area contributed by atoms with E-state index in [0.717, 1.165) is 22.5 Å². The summed E-state index contributed by atoms with van der Waals surface area (Å²) >= 11 is 12.0. The SMILES string of the molecule is COC1N=C(N)Nc2c1ncn2CCOCP(C)(=O)OCc1ccc(C)cc1.COC1N=C(N)Nc2c1ncn2CCOCP(C)(=O)OCc1cccc(Cl)c1.COc1ccc(COP(C)(=O)COCCn2cnc3c2NC(N)=NC3OC)cc1Cl.COc1ccc(COP(C)(=O)COCCn2cnc3c2NC(N)=NC3OC)cc1F. The molecular weight excluding hydrogens is 1630 g/mol. The molecule has 0 saturated heterocycles. The van der Waals surface area contributed by atoms with Crippen molar-refractivity contribution in [2.45, 2.75) is 84.4 Å². The number of ether oxygens (including phenoxy) is 10. The van der Waals surface area contributed by atoms with Gasteiger partial charge in [0.25, 0.3) is 0 Å². The highest BCUT2D eigenvalue weighted by molar-refractivity contribution is 7.58. The molecule has 632 valence electrons. The number of aromatic nitrogens is 8. The summed E-state index contributed by atoms with van der Waals surface area (Å²) in [6.07, 6.45) is 4.43. The van der Waals surface area contributed by atoms with Crippen LogP contribution in [0.5, 0.6) is 11.5 Å². The van der Waals surface area contributed by atoms with E-state index in [1.54, 1.807) is 97.0 Å². The van der Waals surface area contributed by atoms with E-state index in [1.165, 1.54) is 45.7 Å². The van der Waals surface area contributed by atoms with E-state index in [4.69, 9.17) is 112 Å². The summed E-state index contributed by atoms with van der Waals surface area (Å²) in [4.78, 5) is 33.7. The second-order valence-corrected chi connectivity index (χ2v) is 37.5. The standard InChI is InChI=1S/C18H25ClN5O5P.C18H25FN5O5P.C18H26N5O4P.C17H23ClN5O4P/c2*1-26-14-5-4-12(8-13(14)19)9-29-30(3,25)11-28-7-6-24-10-21-15-16(24)22-18(20)23-17(15)27-2;1-13-4-6-14(7-5-13)10-27-28(3,24)12-26-9-8-23-11-20-15-16(23)21-18(19)22-17(15)25-2;1-25-16-14-15(21-17(19)22-16)23(10-20-14)6-7-26-11-28(2,24)27-9-12-4-3-5-13(18)8-12/h2*4-5,8,10,17H,6-7,9,11H2,1-3H3,(H3,20,22,23);4-7,11,17H,8-10,12H2,1-3H3,(H3,19,21,22);3-5,8,10,16H,6-7,9,11H2,1-2H3,(H3,19,21,22). The summed E-state index contributed by atoms with van der Waals surface area (Å²) in [6.45, 7) is 12.1. The monoisotopic (exact) mass is 1730 g/mol. The van der Waals surface area contributed by atoms with Gasteiger partial charge in [-0.15, -0.1) is 0 Å². The molecule has 12 rings (SSSR count). The number of nitrogens with zero attached hydrogens (tertiary/aromatic N) is 12. The number of hydrogen-bond acceptors (Lipinski definition) is 34. The normalized spacial score (nSPS) is 17.8. The van der Waals surface area contributed by atoms with Gasteiger partial charge in [0.05, 0.1) is 97.4 Å². The molecule has 4 aliphatic rings. The Morgan fingerprint density at radius 2 is 0.716 bits per heavy atom. The minimum atomic E-state index is -3.02. The van der Waals surface area contributed by atoms with Crippen LogP contribution in [0.1, 0.15) is 75.5 Å². The number of aliphatic imine (C=N–C) groups is 4. The van der Waals surface area contributed by atoms with Crippen LogP contribution in [-0.4, -0.2) is 183 Å². The first-order valence-corrected chi connectivity index (χ1v) is 45.5. The Balaban J connectivity index is 0.000000177. The quantitative estimate of drug-likeness (QED) is 0.0132. The van der Waals surface area contributed by atoms with Gasteiger partial charge in [0.15, 0.2) is 60.3 Å². The predicted molar refractivity (Wildman–Crippen MR) is 439 cm³/mol. The Labute approximate surface area is 680 Å². The molecule has 0 spiro atoms. The molecule has 4 aromatic heterocycles. The lowest BCUT2D eigenvalue weighted by Crippen LogP contribution is -2.30. The number of guanidine groups is 4. The number of hydrogen-bond donors (Lipinski definition) is 8. The Morgan fingerprint density at radius 3 is 1.02 bits per heavy atom. The fourth-order valence-electron chi connectivity index (χ4n) is 11.0. The van der Waals surface area contributed by atoms with Crippen molar-refractivity contribution in [3.8, 4) is 11.5 Å². The predicted octanol–water partition coefficient (Wildman–Crippen LogP) is 11.2. The second kappa shape index (κ2) is 43.2. The molecule has 8 unspecified atom stereocenters. The van der Waals surface area contributed by atoms with Crippen LogP contribution in [0.15, 0.2) is 130 Å². The van der Waals surface area contributed by atoms with E-state index in [2.05, 4.69) is 61.2 Å². The minimum Gasteiger partial charge on any atom is -0.495 e. The average Bonchev–Trinajstić information content (AvgIpc) is 1.70. The Bertz CT molecular complexity index is 4760. The van der Waals surface area contributed by atoms with Crippen molar-refractivity contribution < 1.29 is 88.1 Å². The van der Waals surface area contributed by atoms with Gasteiger partial charge in [0.2, 0.25) is 29.5 Å². The van der Waals surface area contributed by atoms with E-state index in [9.17, 15) is 22.7 Å². The topological polar surface area (TPSA) is 470 Å². The van der Waals surface area contributed by atoms with Gasteiger partial charge in [-0.05, 0) is 65.6 Å². The number of nitrogens with one attached hydrogen (secondary N) is 4. The largest absolute Gasteiger partial charge is 0.495 e. The van der Waals surface area contributed by atoms with Crippen molar-refractivity contribution in [3.05, 3.63) is 177 Å². The van der Waals surface area contributed by atoms with Gasteiger partial charge in [-0.1, -0.05) is 77.3 Å². The number of fused-ring (bicyclic) bond motifs is 4. The van der Waals surface area contributed by atoms with Crippen molar-refractivity contribution in [2.75, 3.05) is 142 Å². The summed E-state index contributed by atoms with van der Waals surface area (Å²) in [5.74, 6) is 4.03. The Morgan fingerprint density at radius 1 is 0.414 bits per heavy atom. The summed E-state index contributed by atoms with van der Waals surface area (Å²) in [5, 5.41) is 13.0. The smallest absolute Gasteiger partial charge is 0.225 e. The molecule has 38 nitrogen and oxygen atoms in total. The highest BCUT2D eigenvalue weighted by atomic mass is 35.5. The Hall–Kier alpha value is -8.65. The number of benzene rings is 4. The maximum atomic E-state index is 13.7. The number of aryl methyl sites for hydroxylation is 1. The number of nitrogens with two attached hydrogens (primary N) is 4. The lowest BCUT2D eigenvalue weighted by atomic mass is 10.2. The van der Waals surface area contributed by atoms with Gasteiger partial charge >= 0.3 is 0 Å². The van der Waals surface area contributed by atoms with Gasteiger partial charge in [0, 0.05) is 86.3 Å². The van der Waals surface area contributed by atoms with Gasteiger partial charge in [-0.25, -0.2) is 44.3 Å². The molecule has 0 amide bonds. The molecule has 45 heteroatoms. The van der Waals surface area contributed by atoms with Crippen molar-refractivity contribution in [1.82, 2.24) is 38.2 Å². The van der Waals surface area contributed by atoms with Crippen molar-refractivity contribution >= 4 is 99.8 Å². The zero-order valence-corrected chi connectivity index (χ0v) is 71.1. The first-order valence-electron chi connectivity index (χ1n) is 35.7. The van der Waals surface area contributed by atoms with Crippen molar-refractivity contribution in [1.29, 1.82) is 0 Å². The maximum absolute atomic E-state index is 13.7. The number of anilines is 4. The molecule has 0 radical (unpaired) electrons. The number of halogens is 3. The third-order valence-electron chi connectivity index (χ3n) is 17.0. The zero-order valence-electron chi connectivity index (χ0n) is 66.0. The van der Waals surface area contributed by atoms with Crippen LogP contribution < -0.4 is 53.7 Å². The molecular formula is C71H99Cl2FN20O18P4. The van der Waals surface area contributed by atoms with E-state index < -0.39 is 60.2 Å². The zero-order chi connectivity index (χ0) is 83.7. The van der Waals surface area contributed by atoms with Gasteiger partial charge in [0.1, 0.15) is 77.2 Å². The fraction of sp³-hybridized carbons (Fsp3) is 0.437. The molecule has 0 fully saturated rings. The van der Waals surface area contributed by atoms with Crippen LogP contribution >= 0.6 is 52.7 Å². The van der Waals surface area contributed by atoms with Crippen molar-refractivity contribution in [3.63, 3.8) is 0 Å². The van der Waals surface area contributed by atoms with E-state index in [0.29, 0.717) is 114 Å². The highest BCUT2D eigenvalue weighted by Crippen LogP contribution is 2.47. The molecule has 8 heterocycles. The third kappa shape index (κ3) is 27.2. The number of imidazole rings is 4. The summed E-state index contributed by atoms with van der Waals surface area (Å²) in [7, 11) is -2.61. The lowest BCUT2D eigenvalue weighted by Gasteiger charge is -2.20. The molecule has 12 N–H and O–H groups in total. The first kappa shape index (κ1) is 91.3. The average molecular weight is 1730 g/mol. The third-order valence-corrected chi connectivity index (χ3v) is 22.8. The number of rotatable bonds is 38. The summed E-state index contributed by atoms with van der Waals surface area (Å²) < 4.78 is 147. The fourth-order valence-corrected chi connectivity index (χ4v) is 15.4. The molecule has 116 heavy (non-hydrogen) atoms. The molecule has 4 aliphatic heterocycles. The lowest BCUT2D eigenvalue weighted by molar-refractivity contribution is 0.107. The van der Waals surface area contributed by atoms with Crippen molar-refractivity contribution in [2.24, 2.45) is 42.9 Å². The van der Waals surface area contributed by atoms with Crippen LogP contribution in [0.4, 0.5) is 27.7 Å². The molecule has 0 aliphatic carbocycles. The van der Waals surface area contributed by atoms with E-state index in [-0.39, 0.29) is 81.4 Å². The van der Waals surface area contributed by atoms with Crippen LogP contribution in [0.2, 0.25) is 10.0 Å². The molecule has 8 aromatic rings. The highest BCUT2D eigenvalue weighted by Gasteiger charge is 2.31. The van der Waals surface area contributed by atoms with Gasteiger partial charge in [-0.3, -0.25) is 18.3 Å². The van der Waals surface area contributed by atoms with E-state index >= 15 is 0 Å².